The Morgan fingerprint density at radius 2 is 2.00 bits per heavy atom. The second kappa shape index (κ2) is 4.88. The van der Waals surface area contributed by atoms with Gasteiger partial charge in [-0.2, -0.15) is 0 Å². The second-order valence-electron chi connectivity index (χ2n) is 4.21. The molecule has 0 N–H and O–H groups in total. The van der Waals surface area contributed by atoms with Crippen LogP contribution in [0.5, 0.6) is 0 Å². The summed E-state index contributed by atoms with van der Waals surface area (Å²) in [4.78, 5) is 10.6. The highest BCUT2D eigenvalue weighted by molar-refractivity contribution is 9.10. The van der Waals surface area contributed by atoms with Gasteiger partial charge in [-0.3, -0.25) is 4.79 Å². The summed E-state index contributed by atoms with van der Waals surface area (Å²) in [5, 5.41) is 0. The van der Waals surface area contributed by atoms with E-state index in [0.717, 1.165) is 10.0 Å². The predicted molar refractivity (Wildman–Crippen MR) is 71.3 cm³/mol. The highest BCUT2D eigenvalue weighted by Crippen LogP contribution is 2.31. The molecule has 0 amide bonds. The third-order valence-corrected chi connectivity index (χ3v) is 3.32. The van der Waals surface area contributed by atoms with Crippen molar-refractivity contribution in [2.75, 3.05) is 0 Å². The van der Waals surface area contributed by atoms with E-state index in [0.29, 0.717) is 23.7 Å². The molecule has 2 aromatic rings. The van der Waals surface area contributed by atoms with E-state index in [4.69, 9.17) is 4.42 Å². The van der Waals surface area contributed by atoms with Gasteiger partial charge in [-0.25, -0.2) is 0 Å². The first-order valence-corrected chi connectivity index (χ1v) is 6.26. The van der Waals surface area contributed by atoms with E-state index in [1.807, 2.05) is 6.07 Å². The van der Waals surface area contributed by atoms with Gasteiger partial charge in [0.2, 0.25) is 0 Å². The van der Waals surface area contributed by atoms with Crippen molar-refractivity contribution in [1.82, 2.24) is 0 Å². The molecule has 3 heteroatoms. The van der Waals surface area contributed by atoms with Gasteiger partial charge in [-0.15, -0.1) is 0 Å². The number of benzene rings is 1. The molecule has 1 heterocycles. The molecular formula is C14H13BrO2. The van der Waals surface area contributed by atoms with Gasteiger partial charge in [0, 0.05) is 10.0 Å². The van der Waals surface area contributed by atoms with Gasteiger partial charge in [0.05, 0.1) is 0 Å². The number of rotatable bonds is 3. The monoisotopic (exact) mass is 292 g/mol. The fourth-order valence-electron chi connectivity index (χ4n) is 1.65. The first kappa shape index (κ1) is 12.1. The summed E-state index contributed by atoms with van der Waals surface area (Å²) in [7, 11) is 0. The van der Waals surface area contributed by atoms with Gasteiger partial charge in [-0.05, 0) is 35.7 Å². The molecule has 1 aromatic heterocycles. The maximum atomic E-state index is 10.6. The standard InChI is InChI=1S/C14H13BrO2/c1-9(2)10-3-5-12(13(15)7-10)14-6-4-11(8-16)17-14/h3-9H,1-2H3. The molecule has 2 nitrogen and oxygen atoms in total. The van der Waals surface area contributed by atoms with Crippen LogP contribution >= 0.6 is 15.9 Å². The lowest BCUT2D eigenvalue weighted by Gasteiger charge is -2.08. The van der Waals surface area contributed by atoms with Crippen LogP contribution in [0.2, 0.25) is 0 Å². The molecule has 88 valence electrons. The largest absolute Gasteiger partial charge is 0.453 e. The van der Waals surface area contributed by atoms with E-state index in [-0.39, 0.29) is 0 Å². The van der Waals surface area contributed by atoms with Gasteiger partial charge in [-0.1, -0.05) is 35.8 Å². The number of aldehydes is 1. The van der Waals surface area contributed by atoms with Crippen molar-refractivity contribution in [3.63, 3.8) is 0 Å². The van der Waals surface area contributed by atoms with E-state index in [1.165, 1.54) is 5.56 Å². The lowest BCUT2D eigenvalue weighted by molar-refractivity contribution is 0.110. The number of hydrogen-bond acceptors (Lipinski definition) is 2. The van der Waals surface area contributed by atoms with Gasteiger partial charge in [0.25, 0.3) is 0 Å². The molecule has 0 radical (unpaired) electrons. The van der Waals surface area contributed by atoms with Crippen LogP contribution in [-0.2, 0) is 0 Å². The fourth-order valence-corrected chi connectivity index (χ4v) is 2.24. The first-order valence-electron chi connectivity index (χ1n) is 5.46. The first-order chi connectivity index (χ1) is 8.11. The average molecular weight is 293 g/mol. The number of halogens is 1. The van der Waals surface area contributed by atoms with Crippen LogP contribution in [0.15, 0.2) is 39.2 Å². The smallest absolute Gasteiger partial charge is 0.185 e. The molecular weight excluding hydrogens is 280 g/mol. The minimum absolute atomic E-state index is 0.347. The van der Waals surface area contributed by atoms with Crippen LogP contribution in [0.4, 0.5) is 0 Å². The summed E-state index contributed by atoms with van der Waals surface area (Å²) in [6, 6.07) is 9.65. The van der Waals surface area contributed by atoms with Crippen LogP contribution in [0.25, 0.3) is 11.3 Å². The van der Waals surface area contributed by atoms with Crippen LogP contribution < -0.4 is 0 Å². The van der Waals surface area contributed by atoms with Crippen molar-refractivity contribution in [3.8, 4) is 11.3 Å². The third kappa shape index (κ3) is 2.50. The summed E-state index contributed by atoms with van der Waals surface area (Å²) in [6.07, 6.45) is 0.708. The molecule has 0 unspecified atom stereocenters. The summed E-state index contributed by atoms with van der Waals surface area (Å²) >= 11 is 3.53. The van der Waals surface area contributed by atoms with Gasteiger partial charge < -0.3 is 4.42 Å². The van der Waals surface area contributed by atoms with Gasteiger partial charge in [0.15, 0.2) is 12.0 Å². The maximum absolute atomic E-state index is 10.6. The molecule has 0 aliphatic rings. The lowest BCUT2D eigenvalue weighted by Crippen LogP contribution is -1.88. The summed E-state index contributed by atoms with van der Waals surface area (Å²) in [5.41, 5.74) is 2.23. The quantitative estimate of drug-likeness (QED) is 0.771. The van der Waals surface area contributed by atoms with Crippen LogP contribution in [0, 0.1) is 0 Å². The zero-order valence-corrected chi connectivity index (χ0v) is 11.3. The minimum atomic E-state index is 0.347. The van der Waals surface area contributed by atoms with Crippen LogP contribution in [0.1, 0.15) is 35.9 Å². The number of furan rings is 1. The van der Waals surface area contributed by atoms with Crippen molar-refractivity contribution in [2.45, 2.75) is 19.8 Å². The van der Waals surface area contributed by atoms with Crippen molar-refractivity contribution in [1.29, 1.82) is 0 Å². The fraction of sp³-hybridized carbons (Fsp3) is 0.214. The zero-order valence-electron chi connectivity index (χ0n) is 9.74. The van der Waals surface area contributed by atoms with E-state index in [2.05, 4.69) is 41.9 Å². The number of carbonyl (C=O) groups is 1. The molecule has 17 heavy (non-hydrogen) atoms. The molecule has 0 fully saturated rings. The normalized spacial score (nSPS) is 10.8. The van der Waals surface area contributed by atoms with E-state index in [1.54, 1.807) is 12.1 Å². The molecule has 0 aliphatic carbocycles. The summed E-state index contributed by atoms with van der Waals surface area (Å²) in [5.74, 6) is 1.54. The lowest BCUT2D eigenvalue weighted by atomic mass is 10.0. The Balaban J connectivity index is 2.42. The highest BCUT2D eigenvalue weighted by Gasteiger charge is 2.09. The summed E-state index contributed by atoms with van der Waals surface area (Å²) < 4.78 is 6.38. The average Bonchev–Trinajstić information content (AvgIpc) is 2.77. The van der Waals surface area contributed by atoms with Gasteiger partial charge >= 0.3 is 0 Å². The Morgan fingerprint density at radius 1 is 1.24 bits per heavy atom. The number of hydrogen-bond donors (Lipinski definition) is 0. The van der Waals surface area contributed by atoms with Gasteiger partial charge in [0.1, 0.15) is 5.76 Å². The molecule has 0 aliphatic heterocycles. The van der Waals surface area contributed by atoms with Crippen LogP contribution in [-0.4, -0.2) is 6.29 Å². The van der Waals surface area contributed by atoms with E-state index >= 15 is 0 Å². The van der Waals surface area contributed by atoms with Crippen molar-refractivity contribution in [3.05, 3.63) is 46.1 Å². The second-order valence-corrected chi connectivity index (χ2v) is 5.07. The molecule has 0 spiro atoms. The molecule has 0 bridgehead atoms. The Hall–Kier alpha value is -1.35. The summed E-state index contributed by atoms with van der Waals surface area (Å²) in [6.45, 7) is 4.30. The Bertz CT molecular complexity index is 541. The van der Waals surface area contributed by atoms with Crippen LogP contribution in [0.3, 0.4) is 0 Å². The molecule has 1 aromatic carbocycles. The molecule has 0 saturated heterocycles. The molecule has 2 rings (SSSR count). The SMILES string of the molecule is CC(C)c1ccc(-c2ccc(C=O)o2)c(Br)c1. The van der Waals surface area contributed by atoms with Crippen molar-refractivity contribution in [2.24, 2.45) is 0 Å². The van der Waals surface area contributed by atoms with Crippen molar-refractivity contribution >= 4 is 22.2 Å². The highest BCUT2D eigenvalue weighted by atomic mass is 79.9. The Morgan fingerprint density at radius 3 is 2.53 bits per heavy atom. The van der Waals surface area contributed by atoms with E-state index < -0.39 is 0 Å². The molecule has 0 saturated carbocycles. The molecule has 0 atom stereocenters. The van der Waals surface area contributed by atoms with E-state index in [9.17, 15) is 4.79 Å². The zero-order chi connectivity index (χ0) is 12.4. The topological polar surface area (TPSA) is 30.2 Å². The Labute approximate surface area is 109 Å². The maximum Gasteiger partial charge on any atom is 0.185 e. The van der Waals surface area contributed by atoms with Crippen molar-refractivity contribution < 1.29 is 9.21 Å². The predicted octanol–water partition coefficient (Wildman–Crippen LogP) is 4.65. The minimum Gasteiger partial charge on any atom is -0.453 e. The Kier molecular flexibility index (Phi) is 3.48. The third-order valence-electron chi connectivity index (χ3n) is 2.67. The number of carbonyl (C=O) groups excluding carboxylic acids is 1.